The summed E-state index contributed by atoms with van der Waals surface area (Å²) in [5.41, 5.74) is 1.47. The number of nitrogens with one attached hydrogen (secondary N) is 1. The predicted molar refractivity (Wildman–Crippen MR) is 102 cm³/mol. The van der Waals surface area contributed by atoms with Crippen molar-refractivity contribution in [2.75, 3.05) is 4.72 Å². The quantitative estimate of drug-likeness (QED) is 0.719. The molecule has 3 aromatic carbocycles. The molecule has 4 nitrogen and oxygen atoms in total. The SMILES string of the molecule is CC(C)(C)c1ccc(S(=O)(=O)Nc2cccc3ccc(O)cc23)cc1. The van der Waals surface area contributed by atoms with Crippen LogP contribution in [-0.2, 0) is 15.4 Å². The van der Waals surface area contributed by atoms with Crippen molar-refractivity contribution in [1.82, 2.24) is 0 Å². The Morgan fingerprint density at radius 1 is 0.920 bits per heavy atom. The van der Waals surface area contributed by atoms with Crippen LogP contribution in [0.25, 0.3) is 10.8 Å². The second kappa shape index (κ2) is 6.08. The fourth-order valence-electron chi connectivity index (χ4n) is 2.69. The molecule has 0 aliphatic carbocycles. The lowest BCUT2D eigenvalue weighted by atomic mass is 9.87. The zero-order valence-corrected chi connectivity index (χ0v) is 15.3. The summed E-state index contributed by atoms with van der Waals surface area (Å²) in [5.74, 6) is 0.0914. The zero-order valence-electron chi connectivity index (χ0n) is 14.4. The lowest BCUT2D eigenvalue weighted by Crippen LogP contribution is -2.15. The van der Waals surface area contributed by atoms with Crippen molar-refractivity contribution in [2.45, 2.75) is 31.1 Å². The Labute approximate surface area is 148 Å². The fourth-order valence-corrected chi connectivity index (χ4v) is 3.77. The van der Waals surface area contributed by atoms with Crippen molar-refractivity contribution in [3.63, 3.8) is 0 Å². The monoisotopic (exact) mass is 355 g/mol. The second-order valence-corrected chi connectivity index (χ2v) is 8.77. The number of hydrogen-bond acceptors (Lipinski definition) is 3. The Bertz CT molecular complexity index is 1020. The van der Waals surface area contributed by atoms with Crippen LogP contribution in [0.15, 0.2) is 65.6 Å². The van der Waals surface area contributed by atoms with Crippen molar-refractivity contribution in [3.05, 3.63) is 66.2 Å². The van der Waals surface area contributed by atoms with Gasteiger partial charge in [-0.15, -0.1) is 0 Å². The van der Waals surface area contributed by atoms with E-state index in [9.17, 15) is 13.5 Å². The molecule has 0 unspecified atom stereocenters. The van der Waals surface area contributed by atoms with Gasteiger partial charge in [0.1, 0.15) is 5.75 Å². The van der Waals surface area contributed by atoms with Crippen LogP contribution in [0.1, 0.15) is 26.3 Å². The molecule has 5 heteroatoms. The highest BCUT2D eigenvalue weighted by atomic mass is 32.2. The molecule has 0 saturated carbocycles. The van der Waals surface area contributed by atoms with Gasteiger partial charge in [-0.3, -0.25) is 4.72 Å². The van der Waals surface area contributed by atoms with Crippen molar-refractivity contribution in [3.8, 4) is 5.75 Å². The first-order chi connectivity index (χ1) is 11.7. The van der Waals surface area contributed by atoms with Crippen LogP contribution in [0, 0.1) is 0 Å². The summed E-state index contributed by atoms with van der Waals surface area (Å²) in [6, 6.07) is 17.1. The van der Waals surface area contributed by atoms with Crippen LogP contribution in [-0.4, -0.2) is 13.5 Å². The van der Waals surface area contributed by atoms with Gasteiger partial charge < -0.3 is 5.11 Å². The summed E-state index contributed by atoms with van der Waals surface area (Å²) in [4.78, 5) is 0.206. The minimum Gasteiger partial charge on any atom is -0.508 e. The highest BCUT2D eigenvalue weighted by Crippen LogP contribution is 2.29. The topological polar surface area (TPSA) is 66.4 Å². The van der Waals surface area contributed by atoms with E-state index in [4.69, 9.17) is 0 Å². The van der Waals surface area contributed by atoms with E-state index in [1.165, 1.54) is 0 Å². The van der Waals surface area contributed by atoms with E-state index >= 15 is 0 Å². The number of anilines is 1. The maximum atomic E-state index is 12.7. The van der Waals surface area contributed by atoms with Gasteiger partial charge in [0, 0.05) is 5.39 Å². The largest absolute Gasteiger partial charge is 0.508 e. The van der Waals surface area contributed by atoms with Crippen molar-refractivity contribution in [2.24, 2.45) is 0 Å². The summed E-state index contributed by atoms with van der Waals surface area (Å²) < 4.78 is 28.1. The third kappa shape index (κ3) is 3.61. The lowest BCUT2D eigenvalue weighted by molar-refractivity contribution is 0.476. The van der Waals surface area contributed by atoms with Crippen LogP contribution in [0.4, 0.5) is 5.69 Å². The van der Waals surface area contributed by atoms with E-state index < -0.39 is 10.0 Å². The van der Waals surface area contributed by atoms with Gasteiger partial charge in [0.15, 0.2) is 0 Å². The van der Waals surface area contributed by atoms with Gasteiger partial charge in [-0.05, 0) is 46.7 Å². The molecule has 0 saturated heterocycles. The first-order valence-corrected chi connectivity index (χ1v) is 9.50. The van der Waals surface area contributed by atoms with Crippen molar-refractivity contribution < 1.29 is 13.5 Å². The number of phenols is 1. The molecule has 130 valence electrons. The summed E-state index contributed by atoms with van der Waals surface area (Å²) in [7, 11) is -3.71. The van der Waals surface area contributed by atoms with Crippen molar-refractivity contribution in [1.29, 1.82) is 0 Å². The van der Waals surface area contributed by atoms with Gasteiger partial charge >= 0.3 is 0 Å². The molecule has 0 radical (unpaired) electrons. The second-order valence-electron chi connectivity index (χ2n) is 7.09. The normalized spacial score (nSPS) is 12.3. The van der Waals surface area contributed by atoms with Gasteiger partial charge in [-0.25, -0.2) is 8.42 Å². The van der Waals surface area contributed by atoms with Gasteiger partial charge in [0.2, 0.25) is 0 Å². The smallest absolute Gasteiger partial charge is 0.261 e. The Morgan fingerprint density at radius 3 is 2.24 bits per heavy atom. The standard InChI is InChI=1S/C20H21NO3S/c1-20(2,3)15-8-11-17(12-9-15)25(23,24)21-19-6-4-5-14-7-10-16(22)13-18(14)19/h4-13,21-22H,1-3H3. The van der Waals surface area contributed by atoms with Crippen LogP contribution < -0.4 is 4.72 Å². The van der Waals surface area contributed by atoms with Gasteiger partial charge in [-0.2, -0.15) is 0 Å². The third-order valence-electron chi connectivity index (χ3n) is 4.14. The lowest BCUT2D eigenvalue weighted by Gasteiger charge is -2.19. The number of rotatable bonds is 3. The van der Waals surface area contributed by atoms with Crippen LogP contribution in [0.3, 0.4) is 0 Å². The molecule has 0 spiro atoms. The number of aromatic hydroxyl groups is 1. The first kappa shape index (κ1) is 17.3. The van der Waals surface area contributed by atoms with E-state index in [1.54, 1.807) is 42.5 Å². The molecule has 0 amide bonds. The number of benzene rings is 3. The zero-order chi connectivity index (χ0) is 18.2. The number of fused-ring (bicyclic) bond motifs is 1. The van der Waals surface area contributed by atoms with E-state index in [2.05, 4.69) is 25.5 Å². The molecule has 2 N–H and O–H groups in total. The Morgan fingerprint density at radius 2 is 1.60 bits per heavy atom. The number of hydrogen-bond donors (Lipinski definition) is 2. The van der Waals surface area contributed by atoms with Crippen LogP contribution in [0.5, 0.6) is 5.75 Å². The molecule has 0 aliphatic heterocycles. The van der Waals surface area contributed by atoms with E-state index in [0.717, 1.165) is 10.9 Å². The maximum absolute atomic E-state index is 12.7. The summed E-state index contributed by atoms with van der Waals surface area (Å²) >= 11 is 0. The first-order valence-electron chi connectivity index (χ1n) is 8.02. The molecule has 0 atom stereocenters. The Balaban J connectivity index is 1.98. The van der Waals surface area contributed by atoms with E-state index in [-0.39, 0.29) is 16.1 Å². The molecule has 3 aromatic rings. The van der Waals surface area contributed by atoms with E-state index in [0.29, 0.717) is 11.1 Å². The number of sulfonamides is 1. The van der Waals surface area contributed by atoms with E-state index in [1.807, 2.05) is 18.2 Å². The van der Waals surface area contributed by atoms with Gasteiger partial charge in [-0.1, -0.05) is 51.1 Å². The molecular formula is C20H21NO3S. The Kier molecular flexibility index (Phi) is 4.21. The molecule has 0 heterocycles. The maximum Gasteiger partial charge on any atom is 0.261 e. The highest BCUT2D eigenvalue weighted by molar-refractivity contribution is 7.92. The minimum absolute atomic E-state index is 0.0388. The number of phenolic OH excluding ortho intramolecular Hbond substituents is 1. The predicted octanol–water partition coefficient (Wildman–Crippen LogP) is 4.64. The average molecular weight is 355 g/mol. The molecule has 0 aromatic heterocycles. The summed E-state index contributed by atoms with van der Waals surface area (Å²) in [6.07, 6.45) is 0. The van der Waals surface area contributed by atoms with Gasteiger partial charge in [0.25, 0.3) is 10.0 Å². The van der Waals surface area contributed by atoms with Crippen LogP contribution >= 0.6 is 0 Å². The fraction of sp³-hybridized carbons (Fsp3) is 0.200. The van der Waals surface area contributed by atoms with Gasteiger partial charge in [0.05, 0.1) is 10.6 Å². The average Bonchev–Trinajstić information content (AvgIpc) is 2.54. The minimum atomic E-state index is -3.71. The highest BCUT2D eigenvalue weighted by Gasteiger charge is 2.18. The van der Waals surface area contributed by atoms with Crippen molar-refractivity contribution >= 4 is 26.5 Å². The molecule has 25 heavy (non-hydrogen) atoms. The van der Waals surface area contributed by atoms with Crippen LogP contribution in [0.2, 0.25) is 0 Å². The Hall–Kier alpha value is -2.53. The molecule has 0 aliphatic rings. The summed E-state index contributed by atoms with van der Waals surface area (Å²) in [5, 5.41) is 11.2. The summed E-state index contributed by atoms with van der Waals surface area (Å²) in [6.45, 7) is 6.24. The molecular weight excluding hydrogens is 334 g/mol. The third-order valence-corrected chi connectivity index (χ3v) is 5.52. The molecule has 3 rings (SSSR count). The molecule has 0 bridgehead atoms. The molecule has 0 fully saturated rings.